The first-order valence-corrected chi connectivity index (χ1v) is 34.1. The molecule has 3 aromatic carbocycles. The lowest BCUT2D eigenvalue weighted by atomic mass is 10.2. The van der Waals surface area contributed by atoms with Crippen molar-refractivity contribution in [3.05, 3.63) is 147 Å². The Labute approximate surface area is 528 Å². The molecule has 0 saturated carbocycles. The van der Waals surface area contributed by atoms with Gasteiger partial charge in [0, 0.05) is 19.6 Å². The van der Waals surface area contributed by atoms with Crippen LogP contribution in [0.4, 0.5) is 17.8 Å². The van der Waals surface area contributed by atoms with E-state index in [1.807, 2.05) is 97.9 Å². The average molecular weight is 1330 g/mol. The summed E-state index contributed by atoms with van der Waals surface area (Å²) in [5, 5.41) is 5.53. The largest absolute Gasteiger partial charge is 0.479 e. The van der Waals surface area contributed by atoms with E-state index in [-0.39, 0.29) is 99.1 Å². The van der Waals surface area contributed by atoms with E-state index in [9.17, 15) is 32.9 Å². The highest BCUT2D eigenvalue weighted by Gasteiger charge is 2.30. The molecule has 0 radical (unpaired) electrons. The zero-order chi connectivity index (χ0) is 66.3. The first-order valence-electron chi connectivity index (χ1n) is 28.8. The minimum atomic E-state index is -3.47. The minimum Gasteiger partial charge on any atom is -0.479 e. The summed E-state index contributed by atoms with van der Waals surface area (Å²) in [6, 6.07) is 26.8. The molecule has 9 rings (SSSR count). The normalized spacial score (nSPS) is 14.1. The van der Waals surface area contributed by atoms with Gasteiger partial charge in [-0.3, -0.25) is 42.8 Å². The molecule has 10 N–H and O–H groups in total. The van der Waals surface area contributed by atoms with Gasteiger partial charge in [0.05, 0.1) is 84.4 Å². The predicted octanol–water partition coefficient (Wildman–Crippen LogP) is 6.53. The molecular weight excluding hydrogens is 1260 g/mol. The summed E-state index contributed by atoms with van der Waals surface area (Å²) in [5.74, 6) is 0.0464. The highest BCUT2D eigenvalue weighted by atomic mass is 31.2. The van der Waals surface area contributed by atoms with Crippen LogP contribution in [0.5, 0.6) is 5.88 Å². The molecule has 0 aliphatic rings. The van der Waals surface area contributed by atoms with Crippen molar-refractivity contribution in [2.75, 3.05) is 69.8 Å². The molecule has 0 spiro atoms. The van der Waals surface area contributed by atoms with Crippen molar-refractivity contribution < 1.29 is 60.3 Å². The summed E-state index contributed by atoms with van der Waals surface area (Å²) in [5.41, 5.74) is 20.7. The number of aromatic amines is 2. The highest BCUT2D eigenvalue weighted by molar-refractivity contribution is 7.57. The van der Waals surface area contributed by atoms with Crippen molar-refractivity contribution in [1.29, 1.82) is 0 Å². The van der Waals surface area contributed by atoms with Crippen molar-refractivity contribution in [1.82, 2.24) is 68.7 Å². The molecule has 6 aromatic heterocycles. The Kier molecular flexibility index (Phi) is 26.7. The van der Waals surface area contributed by atoms with Crippen LogP contribution in [0.3, 0.4) is 0 Å². The van der Waals surface area contributed by atoms with Crippen LogP contribution in [0, 0.1) is 0 Å². The van der Waals surface area contributed by atoms with Crippen LogP contribution >= 0.6 is 22.6 Å². The Hall–Kier alpha value is -8.22. The number of H-pyrrole nitrogens is 2. The first-order chi connectivity index (χ1) is 44.1. The number of nitrogens with zero attached hydrogens (tertiary/aromatic N) is 10. The lowest BCUT2D eigenvalue weighted by Crippen LogP contribution is -2.32. The van der Waals surface area contributed by atoms with E-state index in [0.717, 1.165) is 23.1 Å². The van der Waals surface area contributed by atoms with Crippen molar-refractivity contribution in [2.24, 2.45) is 0 Å². The smallest absolute Gasteiger partial charge is 0.356 e. The fourth-order valence-electron chi connectivity index (χ4n) is 8.13. The SMILES string of the molecule is CC(=O)[C@@H](C)NP(=O)(COCCn1cnc2c(=O)[nH]c(N)nc21)OCc1ccccc1.CC(=O)[C@H](C)NP(=O)(COCCn1cnc2c(=O)[nH]c(N)nc21)OCc1ccccc1.CCCOP(=O)(COCCn1cnc2c(OC)nc(N)nc21)OCc1ccccc1. The monoisotopic (exact) mass is 1330 g/mol. The van der Waals surface area contributed by atoms with Gasteiger partial charge in [-0.05, 0) is 50.8 Å². The number of methoxy groups -OCH3 is 1. The Morgan fingerprint density at radius 1 is 0.533 bits per heavy atom. The molecule has 32 nitrogen and oxygen atoms in total. The van der Waals surface area contributed by atoms with Gasteiger partial charge in [0.2, 0.25) is 23.7 Å². The number of fused-ring (bicyclic) bond motifs is 3. The van der Waals surface area contributed by atoms with E-state index in [2.05, 4.69) is 55.0 Å². The molecular formula is C57H76N17O15P3. The minimum absolute atomic E-state index is 0.0126. The molecule has 3 unspecified atom stereocenters. The van der Waals surface area contributed by atoms with Crippen LogP contribution in [-0.2, 0) is 95.0 Å². The number of Topliss-reactive ketones (excluding diaryl/α,β-unsaturated/α-hetero) is 2. The van der Waals surface area contributed by atoms with Crippen LogP contribution < -0.4 is 43.2 Å². The lowest BCUT2D eigenvalue weighted by Gasteiger charge is -2.22. The van der Waals surface area contributed by atoms with Gasteiger partial charge in [0.1, 0.15) is 30.6 Å². The maximum Gasteiger partial charge on any atom is 0.356 e. The number of hydrogen-bond donors (Lipinski definition) is 7. The summed E-state index contributed by atoms with van der Waals surface area (Å²) >= 11 is 0. The second-order valence-electron chi connectivity index (χ2n) is 20.4. The van der Waals surface area contributed by atoms with Gasteiger partial charge in [0.25, 0.3) is 26.2 Å². The van der Waals surface area contributed by atoms with Crippen LogP contribution in [0.25, 0.3) is 33.5 Å². The van der Waals surface area contributed by atoms with Crippen molar-refractivity contribution in [2.45, 2.75) is 92.6 Å². The third-order valence-electron chi connectivity index (χ3n) is 13.2. The fourth-order valence-corrected chi connectivity index (χ4v) is 13.0. The maximum atomic E-state index is 13.3. The lowest BCUT2D eigenvalue weighted by molar-refractivity contribution is -0.119. The van der Waals surface area contributed by atoms with Gasteiger partial charge >= 0.3 is 7.60 Å². The number of nitrogens with two attached hydrogens (primary N) is 3. The molecule has 494 valence electrons. The van der Waals surface area contributed by atoms with Crippen LogP contribution in [0.1, 0.15) is 57.7 Å². The molecule has 35 heteroatoms. The topological polar surface area (TPSA) is 432 Å². The van der Waals surface area contributed by atoms with E-state index in [1.54, 1.807) is 33.9 Å². The number of imidazole rings is 3. The van der Waals surface area contributed by atoms with Gasteiger partial charge in [0.15, 0.2) is 33.5 Å². The molecule has 0 saturated heterocycles. The fraction of sp³-hybridized carbons (Fsp3) is 0.386. The average Bonchev–Trinajstić information content (AvgIpc) is 1.69. The van der Waals surface area contributed by atoms with Gasteiger partial charge in [-0.2, -0.15) is 19.9 Å². The molecule has 0 fully saturated rings. The number of hydrogen-bond acceptors (Lipinski definition) is 25. The number of ketones is 2. The molecule has 0 amide bonds. The number of rotatable bonds is 34. The van der Waals surface area contributed by atoms with Crippen molar-refractivity contribution in [3.63, 3.8) is 0 Å². The number of carbonyl (C=O) groups excluding carboxylic acids is 2. The van der Waals surface area contributed by atoms with Crippen molar-refractivity contribution >= 4 is 85.5 Å². The van der Waals surface area contributed by atoms with E-state index in [4.69, 9.17) is 54.2 Å². The number of nitrogens with one attached hydrogen (secondary N) is 4. The Morgan fingerprint density at radius 2 is 0.913 bits per heavy atom. The Balaban J connectivity index is 0.000000196. The summed E-state index contributed by atoms with van der Waals surface area (Å²) < 4.78 is 88.9. The summed E-state index contributed by atoms with van der Waals surface area (Å²) in [6.07, 6.45) is 4.62. The van der Waals surface area contributed by atoms with E-state index in [1.165, 1.54) is 33.6 Å². The number of ether oxygens (including phenoxy) is 4. The Morgan fingerprint density at radius 3 is 1.30 bits per heavy atom. The molecule has 5 atom stereocenters. The molecule has 9 aromatic rings. The van der Waals surface area contributed by atoms with Gasteiger partial charge < -0.3 is 67.9 Å². The number of anilines is 3. The molecule has 0 bridgehead atoms. The third kappa shape index (κ3) is 21.4. The quantitative estimate of drug-likeness (QED) is 0.0166. The number of nitrogen functional groups attached to an aromatic ring is 3. The molecule has 0 aliphatic carbocycles. The molecule has 92 heavy (non-hydrogen) atoms. The van der Waals surface area contributed by atoms with Gasteiger partial charge in [-0.15, -0.1) is 0 Å². The van der Waals surface area contributed by atoms with Gasteiger partial charge in [-0.25, -0.2) is 25.1 Å². The molecule has 0 aliphatic heterocycles. The highest BCUT2D eigenvalue weighted by Crippen LogP contribution is 2.49. The van der Waals surface area contributed by atoms with E-state index in [0.29, 0.717) is 54.6 Å². The summed E-state index contributed by atoms with van der Waals surface area (Å²) in [7, 11) is -8.84. The van der Waals surface area contributed by atoms with Crippen LogP contribution in [-0.4, -0.2) is 135 Å². The Bertz CT molecular complexity index is 3940. The van der Waals surface area contributed by atoms with Crippen LogP contribution in [0.2, 0.25) is 0 Å². The second kappa shape index (κ2) is 34.4. The third-order valence-corrected chi connectivity index (χ3v) is 18.5. The molecule has 6 heterocycles. The predicted molar refractivity (Wildman–Crippen MR) is 343 cm³/mol. The number of aromatic nitrogens is 12. The number of benzene rings is 3. The summed E-state index contributed by atoms with van der Waals surface area (Å²) in [4.78, 5) is 80.4. The first kappa shape index (κ1) is 71.2. The van der Waals surface area contributed by atoms with E-state index < -0.39 is 45.8 Å². The van der Waals surface area contributed by atoms with Gasteiger partial charge in [-0.1, -0.05) is 97.9 Å². The maximum absolute atomic E-state index is 13.3. The zero-order valence-electron chi connectivity index (χ0n) is 51.6. The van der Waals surface area contributed by atoms with Crippen molar-refractivity contribution in [3.8, 4) is 5.88 Å². The zero-order valence-corrected chi connectivity index (χ0v) is 54.3. The van der Waals surface area contributed by atoms with Crippen LogP contribution in [0.15, 0.2) is 120 Å². The summed E-state index contributed by atoms with van der Waals surface area (Å²) in [6.45, 7) is 10.3. The standard InChI is InChI=1S/2C19H25N6O5P.C19H26N5O5P/c2*1-13(14(2)26)24-31(28,30-10-15-6-4-3-5-7-15)12-29-9-8-25-11-21-16-17(25)22-19(20)23-18(16)27;1-3-10-28-30(25,29-12-15-7-5-4-6-8-15)14-27-11-9-24-13-21-16-17(24)22-19(20)23-18(16)26-2/h2*3-7,11,13H,8-10,12H2,1-2H3,(H,24,28)(H3,20,22,23,27);4-8,13H,3,9-12,14H2,1-2H3,(H2,20,22,23)/t2*13-,31?;/m10./s1. The number of carbonyl (C=O) groups is 2. The van der Waals surface area contributed by atoms with E-state index >= 15 is 0 Å². The second-order valence-corrected chi connectivity index (χ2v) is 26.7.